The summed E-state index contributed by atoms with van der Waals surface area (Å²) in [6.07, 6.45) is 1.45. The summed E-state index contributed by atoms with van der Waals surface area (Å²) in [6.45, 7) is 5.82. The number of Topliss-reactive ketones (excluding diaryl/α,β-unsaturated/α-hetero) is 1. The third-order valence-corrected chi connectivity index (χ3v) is 9.33. The molecule has 7 nitrogen and oxygen atoms in total. The summed E-state index contributed by atoms with van der Waals surface area (Å²) in [5.74, 6) is -3.51. The maximum absolute atomic E-state index is 17.2. The maximum Gasteiger partial charge on any atom is 0.306 e. The first kappa shape index (κ1) is 24.2. The minimum absolute atomic E-state index is 0.0245. The van der Waals surface area contributed by atoms with Crippen LogP contribution in [0.15, 0.2) is 23.8 Å². The van der Waals surface area contributed by atoms with E-state index in [1.807, 2.05) is 0 Å². The van der Waals surface area contributed by atoms with Gasteiger partial charge in [0.15, 0.2) is 17.1 Å². The summed E-state index contributed by atoms with van der Waals surface area (Å²) in [5.41, 5.74) is -6.21. The third kappa shape index (κ3) is 2.80. The van der Waals surface area contributed by atoms with Gasteiger partial charge >= 0.3 is 5.97 Å². The molecule has 0 heterocycles. The first-order valence-corrected chi connectivity index (χ1v) is 11.7. The van der Waals surface area contributed by atoms with Gasteiger partial charge < -0.3 is 20.1 Å². The van der Waals surface area contributed by atoms with Crippen molar-refractivity contribution in [2.45, 2.75) is 76.9 Å². The van der Waals surface area contributed by atoms with Gasteiger partial charge in [0.25, 0.3) is 0 Å². The summed E-state index contributed by atoms with van der Waals surface area (Å²) in [5, 5.41) is 32.2. The number of allylic oxidation sites excluding steroid dienone is 3. The van der Waals surface area contributed by atoms with Crippen molar-refractivity contribution in [2.75, 3.05) is 6.61 Å². The van der Waals surface area contributed by atoms with Crippen LogP contribution in [0, 0.1) is 28.6 Å². The number of carbonyl (C=O) groups excluding carboxylic acids is 3. The fourth-order valence-corrected chi connectivity index (χ4v) is 7.81. The molecule has 9 atom stereocenters. The summed E-state index contributed by atoms with van der Waals surface area (Å²) < 4.78 is 23.0. The van der Waals surface area contributed by atoms with Crippen LogP contribution in [0.3, 0.4) is 0 Å². The Morgan fingerprint density at radius 2 is 1.88 bits per heavy atom. The lowest BCUT2D eigenvalue weighted by atomic mass is 9.44. The number of ether oxygens (including phenoxy) is 1. The predicted octanol–water partition coefficient (Wildman–Crippen LogP) is 1.83. The van der Waals surface area contributed by atoms with Gasteiger partial charge in [-0.15, -0.1) is 0 Å². The van der Waals surface area contributed by atoms with Crippen molar-refractivity contribution in [3.05, 3.63) is 23.8 Å². The summed E-state index contributed by atoms with van der Waals surface area (Å²) in [6, 6.07) is 0. The zero-order chi connectivity index (χ0) is 24.6. The van der Waals surface area contributed by atoms with Crippen LogP contribution in [0.5, 0.6) is 0 Å². The van der Waals surface area contributed by atoms with E-state index in [-0.39, 0.29) is 30.6 Å². The second-order valence-electron chi connectivity index (χ2n) is 10.7. The van der Waals surface area contributed by atoms with E-state index in [0.29, 0.717) is 6.42 Å². The molecule has 0 aliphatic heterocycles. The van der Waals surface area contributed by atoms with Gasteiger partial charge in [-0.05, 0) is 49.8 Å². The monoisotopic (exact) mass is 464 g/mol. The first-order chi connectivity index (χ1) is 15.3. The molecule has 0 spiro atoms. The standard InChI is InChI=1S/C25H33FO7/c1-5-21(32)33-25(20(31)12-27)13(2)8-15-16-10-18(29)17-9-14(28)6-7-22(17,3)24(16,26)19(30)11-23(15,25)4/h6-7,9,13,15-16,18-19,27,29-30H,5,8,10-12H2,1-4H3/t13-,15+,16+,18-,19+,22+,23+,24+,25+/m1/s1. The number of hydrogen-bond donors (Lipinski definition) is 3. The molecule has 0 aromatic heterocycles. The molecule has 3 N–H and O–H groups in total. The highest BCUT2D eigenvalue weighted by Crippen LogP contribution is 2.71. The smallest absolute Gasteiger partial charge is 0.306 e. The Morgan fingerprint density at radius 3 is 2.48 bits per heavy atom. The number of carbonyl (C=O) groups is 3. The zero-order valence-electron chi connectivity index (χ0n) is 19.5. The Labute approximate surface area is 192 Å². The average molecular weight is 465 g/mol. The summed E-state index contributed by atoms with van der Waals surface area (Å²) in [4.78, 5) is 37.6. The number of aliphatic hydroxyl groups is 3. The molecule has 182 valence electrons. The second-order valence-corrected chi connectivity index (χ2v) is 10.7. The molecule has 0 radical (unpaired) electrons. The van der Waals surface area contributed by atoms with Gasteiger partial charge in [0, 0.05) is 29.1 Å². The van der Waals surface area contributed by atoms with Crippen LogP contribution in [0.25, 0.3) is 0 Å². The Bertz CT molecular complexity index is 958. The van der Waals surface area contributed by atoms with E-state index in [4.69, 9.17) is 4.74 Å². The van der Waals surface area contributed by atoms with E-state index in [1.165, 1.54) is 18.2 Å². The van der Waals surface area contributed by atoms with Gasteiger partial charge in [0.05, 0.1) is 12.2 Å². The molecule has 3 saturated carbocycles. The number of aliphatic hydroxyl groups excluding tert-OH is 3. The van der Waals surface area contributed by atoms with Crippen LogP contribution < -0.4 is 0 Å². The van der Waals surface area contributed by atoms with Gasteiger partial charge in [-0.2, -0.15) is 0 Å². The van der Waals surface area contributed by atoms with Crippen molar-refractivity contribution in [2.24, 2.45) is 28.6 Å². The number of esters is 1. The van der Waals surface area contributed by atoms with Crippen LogP contribution in [0.2, 0.25) is 0 Å². The first-order valence-electron chi connectivity index (χ1n) is 11.7. The molecule has 8 heteroatoms. The van der Waals surface area contributed by atoms with Crippen molar-refractivity contribution in [3.8, 4) is 0 Å². The Balaban J connectivity index is 1.88. The van der Waals surface area contributed by atoms with E-state index in [2.05, 4.69) is 0 Å². The number of halogens is 1. The second kappa shape index (κ2) is 7.55. The van der Waals surface area contributed by atoms with E-state index in [9.17, 15) is 29.7 Å². The molecular weight excluding hydrogens is 431 g/mol. The van der Waals surface area contributed by atoms with Crippen LogP contribution in [-0.2, 0) is 19.1 Å². The molecule has 0 unspecified atom stereocenters. The van der Waals surface area contributed by atoms with Crippen molar-refractivity contribution in [1.29, 1.82) is 0 Å². The van der Waals surface area contributed by atoms with Gasteiger partial charge in [0.2, 0.25) is 5.78 Å². The number of fused-ring (bicyclic) bond motifs is 5. The number of ketones is 2. The summed E-state index contributed by atoms with van der Waals surface area (Å²) in [7, 11) is 0. The van der Waals surface area contributed by atoms with Gasteiger partial charge in [-0.3, -0.25) is 14.4 Å². The van der Waals surface area contributed by atoms with Crippen molar-refractivity contribution in [3.63, 3.8) is 0 Å². The SMILES string of the molecule is CCC(=O)O[C@]1(C(=O)CO)[C@H](C)C[C@H]2[C@@H]3C[C@@H](O)C4=CC(=O)C=C[C@]4(C)[C@@]3(F)[C@@H](O)C[C@@]21C. The van der Waals surface area contributed by atoms with Crippen molar-refractivity contribution >= 4 is 17.5 Å². The molecular formula is C25H33FO7. The van der Waals surface area contributed by atoms with Gasteiger partial charge in [-0.1, -0.05) is 26.8 Å². The highest BCUT2D eigenvalue weighted by Gasteiger charge is 2.77. The van der Waals surface area contributed by atoms with E-state index in [1.54, 1.807) is 27.7 Å². The maximum atomic E-state index is 17.2. The molecule has 4 aliphatic carbocycles. The third-order valence-electron chi connectivity index (χ3n) is 9.33. The zero-order valence-corrected chi connectivity index (χ0v) is 19.5. The number of alkyl halides is 1. The van der Waals surface area contributed by atoms with Crippen molar-refractivity contribution < 1.29 is 38.8 Å². The Hall–Kier alpha value is -1.90. The van der Waals surface area contributed by atoms with Crippen LogP contribution in [0.1, 0.15) is 53.4 Å². The predicted molar refractivity (Wildman–Crippen MR) is 115 cm³/mol. The lowest BCUT2D eigenvalue weighted by Crippen LogP contribution is -2.71. The highest BCUT2D eigenvalue weighted by atomic mass is 19.1. The van der Waals surface area contributed by atoms with E-state index >= 15 is 4.39 Å². The lowest BCUT2D eigenvalue weighted by molar-refractivity contribution is -0.233. The van der Waals surface area contributed by atoms with Crippen LogP contribution in [0.4, 0.5) is 4.39 Å². The topological polar surface area (TPSA) is 121 Å². The molecule has 0 saturated heterocycles. The molecule has 4 aliphatic rings. The normalized spacial score (nSPS) is 48.4. The molecule has 0 bridgehead atoms. The lowest BCUT2D eigenvalue weighted by Gasteiger charge is -2.63. The highest BCUT2D eigenvalue weighted by molar-refractivity contribution is 6.01. The molecule has 33 heavy (non-hydrogen) atoms. The Morgan fingerprint density at radius 1 is 1.21 bits per heavy atom. The van der Waals surface area contributed by atoms with Crippen molar-refractivity contribution in [1.82, 2.24) is 0 Å². The van der Waals surface area contributed by atoms with Gasteiger partial charge in [0.1, 0.15) is 6.61 Å². The fraction of sp³-hybridized carbons (Fsp3) is 0.720. The molecule has 0 aromatic carbocycles. The Kier molecular flexibility index (Phi) is 5.54. The van der Waals surface area contributed by atoms with Gasteiger partial charge in [-0.25, -0.2) is 4.39 Å². The fourth-order valence-electron chi connectivity index (χ4n) is 7.81. The molecule has 4 rings (SSSR count). The number of rotatable bonds is 4. The van der Waals surface area contributed by atoms with Crippen LogP contribution >= 0.6 is 0 Å². The minimum Gasteiger partial charge on any atom is -0.450 e. The minimum atomic E-state index is -2.20. The molecule has 0 aromatic rings. The largest absolute Gasteiger partial charge is 0.450 e. The average Bonchev–Trinajstić information content (AvgIpc) is 2.98. The van der Waals surface area contributed by atoms with E-state index in [0.717, 1.165) is 0 Å². The quantitative estimate of drug-likeness (QED) is 0.543. The summed E-state index contributed by atoms with van der Waals surface area (Å²) >= 11 is 0. The van der Waals surface area contributed by atoms with Crippen LogP contribution in [-0.4, -0.2) is 62.9 Å². The molecule has 3 fully saturated rings. The molecule has 0 amide bonds. The van der Waals surface area contributed by atoms with E-state index < -0.39 is 70.4 Å². The number of hydrogen-bond acceptors (Lipinski definition) is 7.